The highest BCUT2D eigenvalue weighted by Crippen LogP contribution is 2.30. The SMILES string of the molecule is CN(C(=O)[C@@H](N)C1CCC(OC(=O)Nc2ccccc2)CC1)C1CCC1. The fourth-order valence-corrected chi connectivity index (χ4v) is 3.78. The molecule has 2 aliphatic carbocycles. The summed E-state index contributed by atoms with van der Waals surface area (Å²) in [5.41, 5.74) is 6.97. The number of anilines is 1. The molecular weight excluding hydrogens is 330 g/mol. The third kappa shape index (κ3) is 4.55. The number of benzene rings is 1. The number of nitrogens with zero attached hydrogens (tertiary/aromatic N) is 1. The van der Waals surface area contributed by atoms with Crippen molar-refractivity contribution in [1.29, 1.82) is 0 Å². The normalized spacial score (nSPS) is 24.2. The molecule has 2 saturated carbocycles. The molecular formula is C20H29N3O3. The summed E-state index contributed by atoms with van der Waals surface area (Å²) in [6.07, 6.45) is 5.97. The monoisotopic (exact) mass is 359 g/mol. The van der Waals surface area contributed by atoms with Crippen LogP contribution in [0.3, 0.4) is 0 Å². The molecule has 0 spiro atoms. The van der Waals surface area contributed by atoms with E-state index in [1.54, 1.807) is 0 Å². The molecule has 0 radical (unpaired) electrons. The Morgan fingerprint density at radius 2 is 1.77 bits per heavy atom. The van der Waals surface area contributed by atoms with Gasteiger partial charge >= 0.3 is 6.09 Å². The zero-order chi connectivity index (χ0) is 18.5. The van der Waals surface area contributed by atoms with E-state index in [0.717, 1.165) is 44.2 Å². The zero-order valence-electron chi connectivity index (χ0n) is 15.4. The first-order chi connectivity index (χ1) is 12.5. The van der Waals surface area contributed by atoms with Gasteiger partial charge in [0, 0.05) is 18.8 Å². The highest BCUT2D eigenvalue weighted by Gasteiger charge is 2.35. The highest BCUT2D eigenvalue weighted by molar-refractivity contribution is 5.84. The summed E-state index contributed by atoms with van der Waals surface area (Å²) in [5.74, 6) is 0.225. The van der Waals surface area contributed by atoms with E-state index in [0.29, 0.717) is 6.04 Å². The Morgan fingerprint density at radius 1 is 1.12 bits per heavy atom. The second-order valence-corrected chi connectivity index (χ2v) is 7.49. The van der Waals surface area contributed by atoms with Crippen molar-refractivity contribution in [2.45, 2.75) is 63.1 Å². The molecule has 0 saturated heterocycles. The quantitative estimate of drug-likeness (QED) is 0.846. The Labute approximate surface area is 155 Å². The van der Waals surface area contributed by atoms with Crippen molar-refractivity contribution >= 4 is 17.7 Å². The van der Waals surface area contributed by atoms with Gasteiger partial charge in [-0.25, -0.2) is 4.79 Å². The van der Waals surface area contributed by atoms with Crippen LogP contribution in [0.5, 0.6) is 0 Å². The molecule has 0 unspecified atom stereocenters. The molecule has 2 fully saturated rings. The maximum absolute atomic E-state index is 12.5. The average Bonchev–Trinajstić information content (AvgIpc) is 2.60. The molecule has 3 N–H and O–H groups in total. The summed E-state index contributed by atoms with van der Waals surface area (Å²) in [4.78, 5) is 26.4. The second-order valence-electron chi connectivity index (χ2n) is 7.49. The van der Waals surface area contributed by atoms with Crippen LogP contribution in [0, 0.1) is 5.92 Å². The molecule has 2 amide bonds. The van der Waals surface area contributed by atoms with Crippen molar-refractivity contribution in [3.8, 4) is 0 Å². The van der Waals surface area contributed by atoms with Crippen LogP contribution >= 0.6 is 0 Å². The van der Waals surface area contributed by atoms with E-state index in [9.17, 15) is 9.59 Å². The second kappa shape index (κ2) is 8.54. The fourth-order valence-electron chi connectivity index (χ4n) is 3.78. The Hall–Kier alpha value is -2.08. The van der Waals surface area contributed by atoms with E-state index >= 15 is 0 Å². The molecule has 142 valence electrons. The van der Waals surface area contributed by atoms with Crippen molar-refractivity contribution in [3.63, 3.8) is 0 Å². The van der Waals surface area contributed by atoms with E-state index in [1.807, 2.05) is 42.3 Å². The molecule has 1 atom stereocenters. The first-order valence-electron chi connectivity index (χ1n) is 9.59. The standard InChI is InChI=1S/C20H29N3O3/c1-23(16-8-5-9-16)19(24)18(21)14-10-12-17(13-11-14)26-20(25)22-15-6-3-2-4-7-15/h2-4,6-7,14,16-18H,5,8-13,21H2,1H3,(H,22,25)/t14?,17?,18-/m0/s1. The van der Waals surface area contributed by atoms with Gasteiger partial charge in [0.15, 0.2) is 0 Å². The van der Waals surface area contributed by atoms with Crippen LogP contribution in [-0.2, 0) is 9.53 Å². The van der Waals surface area contributed by atoms with Crippen LogP contribution in [-0.4, -0.2) is 42.1 Å². The molecule has 6 nitrogen and oxygen atoms in total. The maximum atomic E-state index is 12.5. The Balaban J connectivity index is 1.42. The van der Waals surface area contributed by atoms with Gasteiger partial charge in [-0.3, -0.25) is 10.1 Å². The highest BCUT2D eigenvalue weighted by atomic mass is 16.6. The van der Waals surface area contributed by atoms with Gasteiger partial charge < -0.3 is 15.4 Å². The molecule has 3 rings (SSSR count). The van der Waals surface area contributed by atoms with Crippen LogP contribution in [0.2, 0.25) is 0 Å². The summed E-state index contributed by atoms with van der Waals surface area (Å²) in [7, 11) is 1.87. The number of carbonyl (C=O) groups is 2. The number of hydrogen-bond acceptors (Lipinski definition) is 4. The van der Waals surface area contributed by atoms with Crippen molar-refractivity contribution in [3.05, 3.63) is 30.3 Å². The zero-order valence-corrected chi connectivity index (χ0v) is 15.4. The lowest BCUT2D eigenvalue weighted by Crippen LogP contribution is -2.52. The van der Waals surface area contributed by atoms with Crippen molar-refractivity contribution < 1.29 is 14.3 Å². The number of hydrogen-bond donors (Lipinski definition) is 2. The first-order valence-corrected chi connectivity index (χ1v) is 9.59. The van der Waals surface area contributed by atoms with Gasteiger partial charge in [-0.2, -0.15) is 0 Å². The topological polar surface area (TPSA) is 84.7 Å². The van der Waals surface area contributed by atoms with Gasteiger partial charge in [0.2, 0.25) is 5.91 Å². The van der Waals surface area contributed by atoms with E-state index < -0.39 is 12.1 Å². The van der Waals surface area contributed by atoms with Crippen LogP contribution in [0.4, 0.5) is 10.5 Å². The van der Waals surface area contributed by atoms with Gasteiger partial charge in [0.1, 0.15) is 6.10 Å². The molecule has 0 aromatic heterocycles. The first kappa shape index (κ1) is 18.7. The van der Waals surface area contributed by atoms with Crippen LogP contribution in [0.25, 0.3) is 0 Å². The van der Waals surface area contributed by atoms with Gasteiger partial charge in [0.25, 0.3) is 0 Å². The smallest absolute Gasteiger partial charge is 0.411 e. The van der Waals surface area contributed by atoms with E-state index in [-0.39, 0.29) is 17.9 Å². The molecule has 0 aliphatic heterocycles. The van der Waals surface area contributed by atoms with E-state index in [2.05, 4.69) is 5.32 Å². The summed E-state index contributed by atoms with van der Waals surface area (Å²) in [6, 6.07) is 9.18. The number of carbonyl (C=O) groups excluding carboxylic acids is 2. The molecule has 26 heavy (non-hydrogen) atoms. The molecule has 6 heteroatoms. The number of ether oxygens (including phenoxy) is 1. The number of para-hydroxylation sites is 1. The third-order valence-corrected chi connectivity index (χ3v) is 5.78. The molecule has 0 bridgehead atoms. The van der Waals surface area contributed by atoms with Gasteiger partial charge in [0.05, 0.1) is 6.04 Å². The predicted octanol–water partition coefficient (Wildman–Crippen LogP) is 3.13. The summed E-state index contributed by atoms with van der Waals surface area (Å²) < 4.78 is 5.51. The minimum atomic E-state index is -0.445. The lowest BCUT2D eigenvalue weighted by molar-refractivity contribution is -0.136. The van der Waals surface area contributed by atoms with Crippen LogP contribution in [0.15, 0.2) is 30.3 Å². The van der Waals surface area contributed by atoms with Gasteiger partial charge in [-0.1, -0.05) is 18.2 Å². The molecule has 1 aromatic rings. The summed E-state index contributed by atoms with van der Waals surface area (Å²) in [5, 5.41) is 2.74. The van der Waals surface area contributed by atoms with Crippen LogP contribution < -0.4 is 11.1 Å². The Bertz CT molecular complexity index is 610. The lowest BCUT2D eigenvalue weighted by atomic mass is 9.81. The lowest BCUT2D eigenvalue weighted by Gasteiger charge is -2.38. The fraction of sp³-hybridized carbons (Fsp3) is 0.600. The van der Waals surface area contributed by atoms with Crippen molar-refractivity contribution in [2.75, 3.05) is 12.4 Å². The summed E-state index contributed by atoms with van der Waals surface area (Å²) in [6.45, 7) is 0. The average molecular weight is 359 g/mol. The molecule has 2 aliphatic rings. The maximum Gasteiger partial charge on any atom is 0.411 e. The molecule has 0 heterocycles. The third-order valence-electron chi connectivity index (χ3n) is 5.78. The Morgan fingerprint density at radius 3 is 2.35 bits per heavy atom. The van der Waals surface area contributed by atoms with Gasteiger partial charge in [-0.05, 0) is 63.0 Å². The predicted molar refractivity (Wildman–Crippen MR) is 101 cm³/mol. The van der Waals surface area contributed by atoms with Gasteiger partial charge in [-0.15, -0.1) is 0 Å². The number of likely N-dealkylation sites (N-methyl/N-ethyl adjacent to an activating group) is 1. The number of nitrogens with two attached hydrogens (primary N) is 1. The summed E-state index contributed by atoms with van der Waals surface area (Å²) >= 11 is 0. The van der Waals surface area contributed by atoms with Crippen molar-refractivity contribution in [2.24, 2.45) is 11.7 Å². The van der Waals surface area contributed by atoms with E-state index in [4.69, 9.17) is 10.5 Å². The minimum Gasteiger partial charge on any atom is -0.446 e. The molecule has 1 aromatic carbocycles. The van der Waals surface area contributed by atoms with E-state index in [1.165, 1.54) is 6.42 Å². The largest absolute Gasteiger partial charge is 0.446 e. The van der Waals surface area contributed by atoms with Crippen LogP contribution in [0.1, 0.15) is 44.9 Å². The number of rotatable bonds is 5. The Kier molecular flexibility index (Phi) is 6.14. The van der Waals surface area contributed by atoms with Crippen molar-refractivity contribution in [1.82, 2.24) is 4.90 Å². The number of amides is 2. The number of nitrogens with one attached hydrogen (secondary N) is 1. The minimum absolute atomic E-state index is 0.0564.